The number of hydrogen-bond donors (Lipinski definition) is 0. The van der Waals surface area contributed by atoms with Crippen LogP contribution >= 0.6 is 0 Å². The van der Waals surface area contributed by atoms with Crippen LogP contribution in [-0.4, -0.2) is 0 Å². The van der Waals surface area contributed by atoms with Crippen LogP contribution in [0.25, 0.3) is 0 Å². The molecule has 0 amide bonds. The molecule has 0 fully saturated rings. The first kappa shape index (κ1) is 19.7. The molecule has 0 aromatic rings. The lowest BCUT2D eigenvalue weighted by molar-refractivity contribution is 0.534. The molecule has 0 aromatic heterocycles. The summed E-state index contributed by atoms with van der Waals surface area (Å²) >= 11 is 0. The van der Waals surface area contributed by atoms with E-state index in [1.54, 1.807) is 0 Å². The fourth-order valence-corrected chi connectivity index (χ4v) is 2.68. The minimum atomic E-state index is 1.12. The molecular weight excluding hydrogens is 240 g/mol. The monoisotopic (exact) mass is 278 g/mol. The highest BCUT2D eigenvalue weighted by molar-refractivity contribution is 4.83. The SMILES string of the molecule is [CH2]/C=C/CCCCCCCCCCCCCCCC[CH2]. The van der Waals surface area contributed by atoms with Crippen LogP contribution in [-0.2, 0) is 0 Å². The molecule has 0 saturated heterocycles. The fourth-order valence-electron chi connectivity index (χ4n) is 2.68. The number of unbranched alkanes of at least 4 members (excludes halogenated alkanes) is 15. The predicted molar refractivity (Wildman–Crippen MR) is 93.7 cm³/mol. The predicted octanol–water partition coefficient (Wildman–Crippen LogP) is 7.45. The Bertz CT molecular complexity index is 180. The van der Waals surface area contributed by atoms with E-state index < -0.39 is 0 Å². The molecular formula is C20H38. The zero-order valence-electron chi connectivity index (χ0n) is 13.9. The zero-order valence-corrected chi connectivity index (χ0v) is 13.9. The highest BCUT2D eigenvalue weighted by Gasteiger charge is 1.93. The Kier molecular flexibility index (Phi) is 18.5. The van der Waals surface area contributed by atoms with Crippen molar-refractivity contribution in [2.45, 2.75) is 103 Å². The lowest BCUT2D eigenvalue weighted by Crippen LogP contribution is -1.83. The number of rotatable bonds is 16. The summed E-state index contributed by atoms with van der Waals surface area (Å²) in [6.45, 7) is 7.60. The standard InChI is InChI=1S/C20H38/c1-3-5-7-9-11-13-15-17-19-20-18-16-14-12-10-8-6-4-2/h3,5H,1-2,4,6-20H2/b5-3+. The first-order valence-electron chi connectivity index (χ1n) is 9.15. The van der Waals surface area contributed by atoms with E-state index in [0.29, 0.717) is 0 Å². The zero-order chi connectivity index (χ0) is 14.7. The number of hydrogen-bond acceptors (Lipinski definition) is 0. The summed E-state index contributed by atoms with van der Waals surface area (Å²) in [5.41, 5.74) is 0. The van der Waals surface area contributed by atoms with Crippen molar-refractivity contribution in [3.8, 4) is 0 Å². The van der Waals surface area contributed by atoms with E-state index in [1.165, 1.54) is 96.3 Å². The van der Waals surface area contributed by atoms with Crippen molar-refractivity contribution in [2.75, 3.05) is 0 Å². The molecule has 0 atom stereocenters. The summed E-state index contributed by atoms with van der Waals surface area (Å²) in [6.07, 6.45) is 26.4. The van der Waals surface area contributed by atoms with Crippen LogP contribution in [0.1, 0.15) is 103 Å². The third-order valence-corrected chi connectivity index (χ3v) is 4.04. The summed E-state index contributed by atoms with van der Waals surface area (Å²) in [4.78, 5) is 0. The van der Waals surface area contributed by atoms with Crippen molar-refractivity contribution in [1.82, 2.24) is 0 Å². The van der Waals surface area contributed by atoms with Gasteiger partial charge in [-0.15, -0.1) is 0 Å². The van der Waals surface area contributed by atoms with Crippen LogP contribution in [0, 0.1) is 13.8 Å². The van der Waals surface area contributed by atoms with Gasteiger partial charge in [-0.05, 0) is 19.8 Å². The van der Waals surface area contributed by atoms with Crippen LogP contribution < -0.4 is 0 Å². The fraction of sp³-hybridized carbons (Fsp3) is 0.800. The van der Waals surface area contributed by atoms with E-state index >= 15 is 0 Å². The second-order valence-corrected chi connectivity index (χ2v) is 6.06. The highest BCUT2D eigenvalue weighted by atomic mass is 14.0. The maximum atomic E-state index is 3.89. The molecule has 20 heavy (non-hydrogen) atoms. The van der Waals surface area contributed by atoms with E-state index in [1.807, 2.05) is 6.08 Å². The van der Waals surface area contributed by atoms with Crippen molar-refractivity contribution in [2.24, 2.45) is 0 Å². The summed E-state index contributed by atoms with van der Waals surface area (Å²) in [7, 11) is 0. The van der Waals surface area contributed by atoms with Gasteiger partial charge < -0.3 is 0 Å². The van der Waals surface area contributed by atoms with Gasteiger partial charge in [-0.2, -0.15) is 0 Å². The summed E-state index contributed by atoms with van der Waals surface area (Å²) < 4.78 is 0. The Morgan fingerprint density at radius 1 is 0.500 bits per heavy atom. The van der Waals surface area contributed by atoms with E-state index in [0.717, 1.165) is 6.42 Å². The molecule has 0 spiro atoms. The molecule has 118 valence electrons. The minimum Gasteiger partial charge on any atom is -0.0885 e. The molecule has 0 bridgehead atoms. The molecule has 0 saturated carbocycles. The van der Waals surface area contributed by atoms with Gasteiger partial charge in [0.15, 0.2) is 0 Å². The van der Waals surface area contributed by atoms with Crippen LogP contribution in [0.2, 0.25) is 0 Å². The Morgan fingerprint density at radius 2 is 0.850 bits per heavy atom. The van der Waals surface area contributed by atoms with Gasteiger partial charge in [0.25, 0.3) is 0 Å². The third-order valence-electron chi connectivity index (χ3n) is 4.04. The Labute approximate surface area is 129 Å². The molecule has 0 N–H and O–H groups in total. The Morgan fingerprint density at radius 3 is 1.20 bits per heavy atom. The van der Waals surface area contributed by atoms with Gasteiger partial charge in [-0.25, -0.2) is 0 Å². The van der Waals surface area contributed by atoms with Crippen LogP contribution in [0.3, 0.4) is 0 Å². The molecule has 0 aliphatic heterocycles. The Hall–Kier alpha value is -0.260. The van der Waals surface area contributed by atoms with E-state index in [-0.39, 0.29) is 0 Å². The largest absolute Gasteiger partial charge is 0.0885 e. The Balaban J connectivity index is 2.92. The lowest BCUT2D eigenvalue weighted by Gasteiger charge is -2.03. The lowest BCUT2D eigenvalue weighted by atomic mass is 10.0. The van der Waals surface area contributed by atoms with Crippen molar-refractivity contribution in [1.29, 1.82) is 0 Å². The molecule has 0 aromatic carbocycles. The van der Waals surface area contributed by atoms with E-state index in [9.17, 15) is 0 Å². The smallest absolute Gasteiger partial charge is 0.0316 e. The highest BCUT2D eigenvalue weighted by Crippen LogP contribution is 2.13. The summed E-state index contributed by atoms with van der Waals surface area (Å²) in [6, 6.07) is 0. The van der Waals surface area contributed by atoms with Crippen molar-refractivity contribution >= 4 is 0 Å². The van der Waals surface area contributed by atoms with Crippen molar-refractivity contribution in [3.05, 3.63) is 26.0 Å². The second-order valence-electron chi connectivity index (χ2n) is 6.06. The van der Waals surface area contributed by atoms with Crippen LogP contribution in [0.5, 0.6) is 0 Å². The molecule has 0 aliphatic carbocycles. The van der Waals surface area contributed by atoms with Gasteiger partial charge in [0.1, 0.15) is 0 Å². The minimum absolute atomic E-state index is 1.12. The van der Waals surface area contributed by atoms with Crippen LogP contribution in [0.4, 0.5) is 0 Å². The quantitative estimate of drug-likeness (QED) is 0.257. The van der Waals surface area contributed by atoms with E-state index in [4.69, 9.17) is 0 Å². The van der Waals surface area contributed by atoms with E-state index in [2.05, 4.69) is 19.9 Å². The molecule has 0 heterocycles. The van der Waals surface area contributed by atoms with Gasteiger partial charge in [0.2, 0.25) is 0 Å². The molecule has 0 unspecified atom stereocenters. The van der Waals surface area contributed by atoms with Crippen LogP contribution in [0.15, 0.2) is 12.2 Å². The van der Waals surface area contributed by atoms with Gasteiger partial charge >= 0.3 is 0 Å². The average molecular weight is 279 g/mol. The first-order valence-corrected chi connectivity index (χ1v) is 9.15. The normalized spacial score (nSPS) is 11.5. The third kappa shape index (κ3) is 17.7. The van der Waals surface area contributed by atoms with Crippen molar-refractivity contribution < 1.29 is 0 Å². The average Bonchev–Trinajstić information content (AvgIpc) is 2.47. The van der Waals surface area contributed by atoms with Gasteiger partial charge in [-0.3, -0.25) is 0 Å². The molecule has 0 rings (SSSR count). The van der Waals surface area contributed by atoms with Gasteiger partial charge in [0.05, 0.1) is 0 Å². The molecule has 0 heteroatoms. The molecule has 2 radical (unpaired) electrons. The molecule has 0 nitrogen and oxygen atoms in total. The first-order chi connectivity index (χ1) is 9.91. The maximum Gasteiger partial charge on any atom is -0.0316 e. The number of allylic oxidation sites excluding steroid dienone is 2. The summed E-state index contributed by atoms with van der Waals surface area (Å²) in [5.74, 6) is 0. The topological polar surface area (TPSA) is 0 Å². The second kappa shape index (κ2) is 18.7. The maximum absolute atomic E-state index is 3.89. The molecule has 0 aliphatic rings. The van der Waals surface area contributed by atoms with Gasteiger partial charge in [-0.1, -0.05) is 109 Å². The summed E-state index contributed by atoms with van der Waals surface area (Å²) in [5, 5.41) is 0. The van der Waals surface area contributed by atoms with Crippen molar-refractivity contribution in [3.63, 3.8) is 0 Å². The van der Waals surface area contributed by atoms with Gasteiger partial charge in [0, 0.05) is 0 Å².